The molecule has 0 fully saturated rings. The van der Waals surface area contributed by atoms with Gasteiger partial charge in [-0.05, 0) is 24.3 Å². The monoisotopic (exact) mass is 282 g/mol. The lowest BCUT2D eigenvalue weighted by molar-refractivity contribution is 0.0816. The molecule has 0 aliphatic rings. The van der Waals surface area contributed by atoms with Crippen molar-refractivity contribution in [2.75, 3.05) is 12.8 Å². The lowest BCUT2D eigenvalue weighted by Gasteiger charge is -2.20. The highest BCUT2D eigenvalue weighted by Gasteiger charge is 2.16. The van der Waals surface area contributed by atoms with Crippen LogP contribution >= 0.6 is 11.8 Å². The summed E-state index contributed by atoms with van der Waals surface area (Å²) in [5.41, 5.74) is 0.523. The van der Waals surface area contributed by atoms with E-state index in [9.17, 15) is 9.90 Å². The molecule has 2 N–H and O–H groups in total. The molecule has 0 aromatic carbocycles. The van der Waals surface area contributed by atoms with E-state index in [1.165, 1.54) is 11.8 Å². The predicted molar refractivity (Wildman–Crippen MR) is 78.4 cm³/mol. The fourth-order valence-corrected chi connectivity index (χ4v) is 2.30. The maximum Gasteiger partial charge on any atom is 0.252 e. The smallest absolute Gasteiger partial charge is 0.252 e. The van der Waals surface area contributed by atoms with Crippen molar-refractivity contribution >= 4 is 17.7 Å². The number of carbonyl (C=O) groups is 1. The van der Waals surface area contributed by atoms with Gasteiger partial charge in [-0.25, -0.2) is 4.98 Å². The minimum Gasteiger partial charge on any atom is -0.391 e. The standard InChI is InChI=1S/C14H22N2O2S/c1-4-10(5-2)12(17)9-16-14(18)11-6-7-13(19-3)15-8-11/h6-8,10,12,17H,4-5,9H2,1-3H3,(H,16,18). The molecule has 19 heavy (non-hydrogen) atoms. The van der Waals surface area contributed by atoms with E-state index in [2.05, 4.69) is 10.3 Å². The van der Waals surface area contributed by atoms with Gasteiger partial charge in [0.1, 0.15) is 0 Å². The number of carbonyl (C=O) groups excluding carboxylic acids is 1. The van der Waals surface area contributed by atoms with E-state index in [0.29, 0.717) is 5.56 Å². The van der Waals surface area contributed by atoms with Gasteiger partial charge in [0.25, 0.3) is 5.91 Å². The molecule has 1 unspecified atom stereocenters. The van der Waals surface area contributed by atoms with E-state index in [1.54, 1.807) is 12.3 Å². The maximum atomic E-state index is 11.9. The fraction of sp³-hybridized carbons (Fsp3) is 0.571. The second-order valence-corrected chi connectivity index (χ2v) is 5.27. The second kappa shape index (κ2) is 8.17. The van der Waals surface area contributed by atoms with Crippen LogP contribution in [0.1, 0.15) is 37.0 Å². The normalized spacial score (nSPS) is 12.5. The number of nitrogens with one attached hydrogen (secondary N) is 1. The Labute approximate surface area is 119 Å². The van der Waals surface area contributed by atoms with E-state index in [0.717, 1.165) is 17.9 Å². The summed E-state index contributed by atoms with van der Waals surface area (Å²) in [6.45, 7) is 4.38. The van der Waals surface area contributed by atoms with E-state index >= 15 is 0 Å². The number of aliphatic hydroxyl groups is 1. The Morgan fingerprint density at radius 3 is 2.58 bits per heavy atom. The third-order valence-electron chi connectivity index (χ3n) is 3.27. The van der Waals surface area contributed by atoms with Crippen molar-refractivity contribution in [3.8, 4) is 0 Å². The molecular weight excluding hydrogens is 260 g/mol. The third kappa shape index (κ3) is 4.84. The quantitative estimate of drug-likeness (QED) is 0.754. The van der Waals surface area contributed by atoms with Gasteiger partial charge in [-0.2, -0.15) is 0 Å². The highest BCUT2D eigenvalue weighted by molar-refractivity contribution is 7.98. The highest BCUT2D eigenvalue weighted by Crippen LogP contribution is 2.13. The first kappa shape index (κ1) is 16.0. The lowest BCUT2D eigenvalue weighted by atomic mass is 9.96. The molecule has 0 saturated heterocycles. The fourth-order valence-electron chi connectivity index (χ4n) is 1.93. The molecule has 1 aromatic rings. The van der Waals surface area contributed by atoms with Crippen molar-refractivity contribution < 1.29 is 9.90 Å². The molecule has 1 heterocycles. The van der Waals surface area contributed by atoms with Crippen LogP contribution in [0.4, 0.5) is 0 Å². The molecule has 1 aromatic heterocycles. The molecule has 5 heteroatoms. The number of pyridine rings is 1. The molecule has 1 amide bonds. The Morgan fingerprint density at radius 2 is 2.11 bits per heavy atom. The molecular formula is C14H22N2O2S. The van der Waals surface area contributed by atoms with Gasteiger partial charge < -0.3 is 10.4 Å². The van der Waals surface area contributed by atoms with Crippen molar-refractivity contribution in [3.05, 3.63) is 23.9 Å². The molecule has 0 spiro atoms. The van der Waals surface area contributed by atoms with Gasteiger partial charge in [0.2, 0.25) is 0 Å². The van der Waals surface area contributed by atoms with E-state index in [-0.39, 0.29) is 18.4 Å². The van der Waals surface area contributed by atoms with Crippen molar-refractivity contribution in [3.63, 3.8) is 0 Å². The molecule has 106 valence electrons. The van der Waals surface area contributed by atoms with Crippen LogP contribution in [-0.2, 0) is 0 Å². The van der Waals surface area contributed by atoms with Gasteiger partial charge in [0, 0.05) is 12.7 Å². The number of hydrogen-bond donors (Lipinski definition) is 2. The topological polar surface area (TPSA) is 62.2 Å². The van der Waals surface area contributed by atoms with Crippen LogP contribution in [-0.4, -0.2) is 34.9 Å². The summed E-state index contributed by atoms with van der Waals surface area (Å²) < 4.78 is 0. The number of thioether (sulfide) groups is 1. The van der Waals surface area contributed by atoms with Gasteiger partial charge >= 0.3 is 0 Å². The highest BCUT2D eigenvalue weighted by atomic mass is 32.2. The van der Waals surface area contributed by atoms with Crippen molar-refractivity contribution in [2.45, 2.75) is 37.8 Å². The number of aliphatic hydroxyl groups excluding tert-OH is 1. The largest absolute Gasteiger partial charge is 0.391 e. The zero-order valence-electron chi connectivity index (χ0n) is 11.7. The average Bonchev–Trinajstić information content (AvgIpc) is 2.46. The molecule has 0 bridgehead atoms. The third-order valence-corrected chi connectivity index (χ3v) is 3.93. The van der Waals surface area contributed by atoms with Crippen molar-refractivity contribution in [1.29, 1.82) is 0 Å². The molecule has 0 radical (unpaired) electrons. The second-order valence-electron chi connectivity index (χ2n) is 4.44. The predicted octanol–water partition coefficient (Wildman–Crippen LogP) is 2.33. The Bertz CT molecular complexity index is 391. The van der Waals surface area contributed by atoms with Gasteiger partial charge in [0.05, 0.1) is 16.7 Å². The summed E-state index contributed by atoms with van der Waals surface area (Å²) in [4.78, 5) is 16.0. The molecule has 0 aliphatic heterocycles. The van der Waals surface area contributed by atoms with Gasteiger partial charge in [-0.15, -0.1) is 11.8 Å². The first-order chi connectivity index (χ1) is 9.12. The summed E-state index contributed by atoms with van der Waals surface area (Å²) >= 11 is 1.53. The summed E-state index contributed by atoms with van der Waals surface area (Å²) in [6, 6.07) is 3.56. The molecule has 4 nitrogen and oxygen atoms in total. The van der Waals surface area contributed by atoms with E-state index in [1.807, 2.05) is 26.2 Å². The minimum atomic E-state index is -0.489. The summed E-state index contributed by atoms with van der Waals surface area (Å²) in [6.07, 6.45) is 4.84. The van der Waals surface area contributed by atoms with Gasteiger partial charge in [-0.3, -0.25) is 4.79 Å². The zero-order valence-corrected chi connectivity index (χ0v) is 12.5. The molecule has 1 atom stereocenters. The molecule has 1 rings (SSSR count). The number of amides is 1. The molecule has 0 saturated carbocycles. The first-order valence-electron chi connectivity index (χ1n) is 6.58. The summed E-state index contributed by atoms with van der Waals surface area (Å²) in [5, 5.41) is 13.6. The Morgan fingerprint density at radius 1 is 1.42 bits per heavy atom. The van der Waals surface area contributed by atoms with Crippen LogP contribution < -0.4 is 5.32 Å². The number of nitrogens with zero attached hydrogens (tertiary/aromatic N) is 1. The number of rotatable bonds is 7. The lowest BCUT2D eigenvalue weighted by Crippen LogP contribution is -2.36. The Hall–Kier alpha value is -1.07. The maximum absolute atomic E-state index is 11.9. The van der Waals surface area contributed by atoms with Gasteiger partial charge in [-0.1, -0.05) is 26.7 Å². The Balaban J connectivity index is 2.50. The van der Waals surface area contributed by atoms with E-state index < -0.39 is 6.10 Å². The van der Waals surface area contributed by atoms with E-state index in [4.69, 9.17) is 0 Å². The number of hydrogen-bond acceptors (Lipinski definition) is 4. The van der Waals surface area contributed by atoms with Crippen LogP contribution in [0, 0.1) is 5.92 Å². The summed E-state index contributed by atoms with van der Waals surface area (Å²) in [7, 11) is 0. The van der Waals surface area contributed by atoms with Crippen molar-refractivity contribution in [2.24, 2.45) is 5.92 Å². The summed E-state index contributed by atoms with van der Waals surface area (Å²) in [5.74, 6) is 0.0439. The van der Waals surface area contributed by atoms with Crippen molar-refractivity contribution in [1.82, 2.24) is 10.3 Å². The first-order valence-corrected chi connectivity index (χ1v) is 7.81. The Kier molecular flexibility index (Phi) is 6.87. The average molecular weight is 282 g/mol. The van der Waals surface area contributed by atoms with Crippen LogP contribution in [0.5, 0.6) is 0 Å². The van der Waals surface area contributed by atoms with Gasteiger partial charge in [0.15, 0.2) is 0 Å². The number of aromatic nitrogens is 1. The zero-order chi connectivity index (χ0) is 14.3. The molecule has 0 aliphatic carbocycles. The minimum absolute atomic E-state index is 0.190. The van der Waals surface area contributed by atoms with Crippen LogP contribution in [0.25, 0.3) is 0 Å². The van der Waals surface area contributed by atoms with Crippen LogP contribution in [0.3, 0.4) is 0 Å². The SMILES string of the molecule is CCC(CC)C(O)CNC(=O)c1ccc(SC)nc1. The van der Waals surface area contributed by atoms with Crippen LogP contribution in [0.2, 0.25) is 0 Å². The van der Waals surface area contributed by atoms with Crippen LogP contribution in [0.15, 0.2) is 23.4 Å².